The van der Waals surface area contributed by atoms with Crippen molar-refractivity contribution in [3.8, 4) is 5.75 Å². The van der Waals surface area contributed by atoms with E-state index in [1.54, 1.807) is 0 Å². The van der Waals surface area contributed by atoms with E-state index in [1.165, 1.54) is 5.56 Å². The molecule has 5 nitrogen and oxygen atoms in total. The molecule has 0 fully saturated rings. The molecular weight excluding hydrogens is 422 g/mol. The molecule has 34 heavy (non-hydrogen) atoms. The van der Waals surface area contributed by atoms with Gasteiger partial charge in [0.1, 0.15) is 11.6 Å². The van der Waals surface area contributed by atoms with Gasteiger partial charge in [-0.05, 0) is 67.6 Å². The Bertz CT molecular complexity index is 1260. The van der Waals surface area contributed by atoms with Gasteiger partial charge in [0, 0.05) is 12.1 Å². The number of carbonyl (C=O) groups excluding carboxylic acids is 1. The summed E-state index contributed by atoms with van der Waals surface area (Å²) in [4.78, 5) is 17.7. The van der Waals surface area contributed by atoms with Crippen LogP contribution in [0.3, 0.4) is 0 Å². The van der Waals surface area contributed by atoms with Crippen molar-refractivity contribution >= 4 is 16.9 Å². The van der Waals surface area contributed by atoms with Gasteiger partial charge < -0.3 is 14.6 Å². The molecule has 0 aliphatic carbocycles. The highest BCUT2D eigenvalue weighted by Gasteiger charge is 2.19. The van der Waals surface area contributed by atoms with Crippen molar-refractivity contribution in [2.45, 2.75) is 52.6 Å². The third-order valence-electron chi connectivity index (χ3n) is 6.15. The minimum Gasteiger partial charge on any atom is -0.494 e. The second kappa shape index (κ2) is 10.6. The van der Waals surface area contributed by atoms with E-state index in [1.807, 2.05) is 68.4 Å². The average molecular weight is 456 g/mol. The Kier molecular flexibility index (Phi) is 7.31. The van der Waals surface area contributed by atoms with Crippen LogP contribution in [0, 0.1) is 6.92 Å². The summed E-state index contributed by atoms with van der Waals surface area (Å²) in [6, 6.07) is 23.8. The average Bonchev–Trinajstić information content (AvgIpc) is 3.21. The van der Waals surface area contributed by atoms with Crippen molar-refractivity contribution in [1.29, 1.82) is 0 Å². The normalized spacial score (nSPS) is 12.1. The van der Waals surface area contributed by atoms with Crippen LogP contribution in [-0.4, -0.2) is 22.1 Å². The Hall–Kier alpha value is -3.60. The van der Waals surface area contributed by atoms with E-state index < -0.39 is 0 Å². The standard InChI is InChI=1S/C29H33N3O2/c1-20(2)23-14-16-24(17-15-23)34-19-9-18-32-27-13-8-7-12-26(27)31-28(32)22(4)30-29(33)25-11-6-5-10-21(25)3/h5-8,10-17,20,22H,9,18-19H2,1-4H3,(H,30,33). The van der Waals surface area contributed by atoms with E-state index in [0.717, 1.165) is 41.1 Å². The molecule has 1 aromatic heterocycles. The van der Waals surface area contributed by atoms with E-state index in [-0.39, 0.29) is 11.9 Å². The molecule has 3 aromatic carbocycles. The predicted octanol–water partition coefficient (Wildman–Crippen LogP) is 6.43. The molecular formula is C29H33N3O2. The lowest BCUT2D eigenvalue weighted by molar-refractivity contribution is 0.0937. The van der Waals surface area contributed by atoms with Crippen LogP contribution in [0.2, 0.25) is 0 Å². The fraction of sp³-hybridized carbons (Fsp3) is 0.310. The van der Waals surface area contributed by atoms with Gasteiger partial charge in [-0.3, -0.25) is 4.79 Å². The number of aryl methyl sites for hydroxylation is 2. The number of nitrogens with zero attached hydrogens (tertiary/aromatic N) is 2. The highest BCUT2D eigenvalue weighted by atomic mass is 16.5. The zero-order valence-electron chi connectivity index (χ0n) is 20.4. The summed E-state index contributed by atoms with van der Waals surface area (Å²) in [6.07, 6.45) is 0.831. The van der Waals surface area contributed by atoms with Gasteiger partial charge in [-0.15, -0.1) is 0 Å². The minimum atomic E-state index is -0.232. The number of nitrogens with one attached hydrogen (secondary N) is 1. The monoisotopic (exact) mass is 455 g/mol. The van der Waals surface area contributed by atoms with Crippen molar-refractivity contribution in [3.63, 3.8) is 0 Å². The SMILES string of the molecule is Cc1ccccc1C(=O)NC(C)c1nc2ccccc2n1CCCOc1ccc(C(C)C)cc1. The van der Waals surface area contributed by atoms with Gasteiger partial charge in [0.15, 0.2) is 0 Å². The third-order valence-corrected chi connectivity index (χ3v) is 6.15. The molecule has 0 bridgehead atoms. The molecule has 0 saturated heterocycles. The van der Waals surface area contributed by atoms with E-state index >= 15 is 0 Å². The van der Waals surface area contributed by atoms with Crippen LogP contribution in [-0.2, 0) is 6.54 Å². The first-order valence-electron chi connectivity index (χ1n) is 12.0. The predicted molar refractivity (Wildman–Crippen MR) is 137 cm³/mol. The summed E-state index contributed by atoms with van der Waals surface area (Å²) < 4.78 is 8.18. The van der Waals surface area contributed by atoms with Crippen LogP contribution in [0.25, 0.3) is 11.0 Å². The molecule has 176 valence electrons. The topological polar surface area (TPSA) is 56.2 Å². The number of hydrogen-bond acceptors (Lipinski definition) is 3. The van der Waals surface area contributed by atoms with Gasteiger partial charge in [-0.25, -0.2) is 4.98 Å². The van der Waals surface area contributed by atoms with Gasteiger partial charge in [0.25, 0.3) is 5.91 Å². The fourth-order valence-electron chi connectivity index (χ4n) is 4.19. The first kappa shape index (κ1) is 23.6. The van der Waals surface area contributed by atoms with Gasteiger partial charge in [-0.1, -0.05) is 56.3 Å². The van der Waals surface area contributed by atoms with Crippen LogP contribution in [0.1, 0.15) is 66.5 Å². The fourth-order valence-corrected chi connectivity index (χ4v) is 4.19. The smallest absolute Gasteiger partial charge is 0.252 e. The summed E-state index contributed by atoms with van der Waals surface area (Å²) >= 11 is 0. The molecule has 1 amide bonds. The molecule has 0 spiro atoms. The molecule has 0 aliphatic heterocycles. The maximum atomic E-state index is 12.9. The highest BCUT2D eigenvalue weighted by Crippen LogP contribution is 2.23. The Morgan fingerprint density at radius 3 is 2.41 bits per heavy atom. The molecule has 0 aliphatic rings. The van der Waals surface area contributed by atoms with Crippen molar-refractivity contribution in [2.75, 3.05) is 6.61 Å². The number of carbonyl (C=O) groups is 1. The molecule has 1 N–H and O–H groups in total. The van der Waals surface area contributed by atoms with Crippen molar-refractivity contribution in [1.82, 2.24) is 14.9 Å². The maximum Gasteiger partial charge on any atom is 0.252 e. The van der Waals surface area contributed by atoms with Crippen LogP contribution in [0.15, 0.2) is 72.8 Å². The number of para-hydroxylation sites is 2. The van der Waals surface area contributed by atoms with Gasteiger partial charge >= 0.3 is 0 Å². The van der Waals surface area contributed by atoms with Crippen molar-refractivity contribution in [3.05, 3.63) is 95.3 Å². The molecule has 1 atom stereocenters. The maximum absolute atomic E-state index is 12.9. The molecule has 0 saturated carbocycles. The van der Waals surface area contributed by atoms with Crippen LogP contribution in [0.4, 0.5) is 0 Å². The quantitative estimate of drug-likeness (QED) is 0.296. The van der Waals surface area contributed by atoms with E-state index in [0.29, 0.717) is 18.1 Å². The number of benzene rings is 3. The summed E-state index contributed by atoms with van der Waals surface area (Å²) in [5, 5.41) is 3.13. The number of hydrogen-bond donors (Lipinski definition) is 1. The minimum absolute atomic E-state index is 0.0858. The third kappa shape index (κ3) is 5.30. The molecule has 4 aromatic rings. The number of fused-ring (bicyclic) bond motifs is 1. The Morgan fingerprint density at radius 2 is 1.68 bits per heavy atom. The van der Waals surface area contributed by atoms with E-state index in [4.69, 9.17) is 9.72 Å². The van der Waals surface area contributed by atoms with Crippen molar-refractivity contribution < 1.29 is 9.53 Å². The molecule has 1 unspecified atom stereocenters. The summed E-state index contributed by atoms with van der Waals surface area (Å²) in [5.41, 5.74) is 4.95. The number of aromatic nitrogens is 2. The highest BCUT2D eigenvalue weighted by molar-refractivity contribution is 5.95. The Labute approximate surface area is 201 Å². The summed E-state index contributed by atoms with van der Waals surface area (Å²) in [6.45, 7) is 9.67. The second-order valence-corrected chi connectivity index (χ2v) is 9.05. The van der Waals surface area contributed by atoms with Gasteiger partial charge in [0.05, 0.1) is 23.7 Å². The van der Waals surface area contributed by atoms with E-state index in [9.17, 15) is 4.79 Å². The zero-order valence-corrected chi connectivity index (χ0v) is 20.4. The lowest BCUT2D eigenvalue weighted by Crippen LogP contribution is -2.29. The number of rotatable bonds is 9. The van der Waals surface area contributed by atoms with Gasteiger partial charge in [-0.2, -0.15) is 0 Å². The largest absolute Gasteiger partial charge is 0.494 e. The van der Waals surface area contributed by atoms with Crippen molar-refractivity contribution in [2.24, 2.45) is 0 Å². The molecule has 4 rings (SSSR count). The summed E-state index contributed by atoms with van der Waals surface area (Å²) in [5.74, 6) is 2.16. The molecule has 0 radical (unpaired) electrons. The lowest BCUT2D eigenvalue weighted by atomic mass is 10.0. The number of amides is 1. The molecule has 1 heterocycles. The Morgan fingerprint density at radius 1 is 0.971 bits per heavy atom. The first-order chi connectivity index (χ1) is 16.4. The van der Waals surface area contributed by atoms with Crippen LogP contribution < -0.4 is 10.1 Å². The first-order valence-corrected chi connectivity index (χ1v) is 12.0. The number of imidazole rings is 1. The van der Waals surface area contributed by atoms with Crippen LogP contribution >= 0.6 is 0 Å². The number of ether oxygens (including phenoxy) is 1. The van der Waals surface area contributed by atoms with E-state index in [2.05, 4.69) is 41.9 Å². The van der Waals surface area contributed by atoms with Gasteiger partial charge in [0.2, 0.25) is 0 Å². The molecule has 5 heteroatoms. The Balaban J connectivity index is 1.45. The second-order valence-electron chi connectivity index (χ2n) is 9.05. The van der Waals surface area contributed by atoms with Crippen LogP contribution in [0.5, 0.6) is 5.75 Å². The lowest BCUT2D eigenvalue weighted by Gasteiger charge is -2.17. The summed E-state index contributed by atoms with van der Waals surface area (Å²) in [7, 11) is 0. The zero-order chi connectivity index (χ0) is 24.1.